The zero-order chi connectivity index (χ0) is 25.3. The molecule has 1 aromatic carbocycles. The van der Waals surface area contributed by atoms with Gasteiger partial charge in [0.05, 0.1) is 29.5 Å². The van der Waals surface area contributed by atoms with Gasteiger partial charge in [-0.3, -0.25) is 14.4 Å². The normalized spacial score (nSPS) is 11.9. The Morgan fingerprint density at radius 1 is 1.11 bits per heavy atom. The van der Waals surface area contributed by atoms with E-state index in [1.165, 1.54) is 13.3 Å². The Bertz CT molecular complexity index is 1510. The van der Waals surface area contributed by atoms with E-state index in [1.807, 2.05) is 24.6 Å². The van der Waals surface area contributed by atoms with Gasteiger partial charge in [-0.05, 0) is 56.5 Å². The number of benzene rings is 1. The summed E-state index contributed by atoms with van der Waals surface area (Å²) in [6, 6.07) is 5.17. The first-order valence-corrected chi connectivity index (χ1v) is 12.5. The summed E-state index contributed by atoms with van der Waals surface area (Å²) in [5.74, 6) is -2.01. The first-order chi connectivity index (χ1) is 16.6. The van der Waals surface area contributed by atoms with Gasteiger partial charge in [-0.15, -0.1) is 0 Å². The average molecular weight is 522 g/mol. The molecule has 12 heteroatoms. The molecular weight excluding hydrogens is 500 g/mol. The quantitative estimate of drug-likeness (QED) is 0.353. The van der Waals surface area contributed by atoms with Gasteiger partial charge in [0.15, 0.2) is 10.7 Å². The van der Waals surface area contributed by atoms with Crippen molar-refractivity contribution in [3.05, 3.63) is 70.6 Å². The van der Waals surface area contributed by atoms with E-state index in [0.717, 1.165) is 34.8 Å². The number of nitrogens with zero attached hydrogens (tertiary/aromatic N) is 4. The molecule has 0 saturated carbocycles. The smallest absolute Gasteiger partial charge is 0.267 e. The summed E-state index contributed by atoms with van der Waals surface area (Å²) in [7, 11) is -3.09. The molecule has 8 nitrogen and oxygen atoms in total. The Balaban J connectivity index is 1.61. The number of hydrogen-bond donors (Lipinski definition) is 1. The SMILES string of the molecule is COc1ncc(Cl)cc1S(=O)(=O)Nc1ccc(F)c(CCc2cnc3cnn(C(C)C)c3c2)c1F. The van der Waals surface area contributed by atoms with Crippen LogP contribution in [0.3, 0.4) is 0 Å². The molecule has 0 saturated heterocycles. The van der Waals surface area contributed by atoms with Gasteiger partial charge in [0, 0.05) is 24.0 Å². The molecule has 0 bridgehead atoms. The van der Waals surface area contributed by atoms with Gasteiger partial charge in [0.25, 0.3) is 10.0 Å². The number of anilines is 1. The van der Waals surface area contributed by atoms with Gasteiger partial charge < -0.3 is 4.74 Å². The molecule has 35 heavy (non-hydrogen) atoms. The summed E-state index contributed by atoms with van der Waals surface area (Å²) in [6.07, 6.45) is 4.78. The lowest BCUT2D eigenvalue weighted by Gasteiger charge is -2.14. The number of rotatable bonds is 8. The molecule has 4 rings (SSSR count). The second-order valence-electron chi connectivity index (χ2n) is 8.08. The predicted octanol–water partition coefficient (Wildman–Crippen LogP) is 4.93. The van der Waals surface area contributed by atoms with E-state index in [9.17, 15) is 12.8 Å². The van der Waals surface area contributed by atoms with Crippen LogP contribution in [0.2, 0.25) is 5.02 Å². The van der Waals surface area contributed by atoms with E-state index in [2.05, 4.69) is 19.8 Å². The van der Waals surface area contributed by atoms with Crippen LogP contribution in [0.25, 0.3) is 11.0 Å². The van der Waals surface area contributed by atoms with Crippen LogP contribution in [-0.4, -0.2) is 35.3 Å². The Kier molecular flexibility index (Phi) is 6.91. The van der Waals surface area contributed by atoms with Crippen molar-refractivity contribution in [1.82, 2.24) is 19.7 Å². The third kappa shape index (κ3) is 5.06. The molecule has 184 valence electrons. The van der Waals surface area contributed by atoms with Crippen LogP contribution in [0.4, 0.5) is 14.5 Å². The molecule has 0 fully saturated rings. The lowest BCUT2D eigenvalue weighted by atomic mass is 10.0. The van der Waals surface area contributed by atoms with Crippen molar-refractivity contribution in [2.45, 2.75) is 37.6 Å². The molecule has 0 unspecified atom stereocenters. The number of aryl methyl sites for hydroxylation is 1. The number of aromatic nitrogens is 4. The van der Waals surface area contributed by atoms with Crippen LogP contribution >= 0.6 is 11.6 Å². The monoisotopic (exact) mass is 521 g/mol. The summed E-state index contributed by atoms with van der Waals surface area (Å²) in [6.45, 7) is 3.98. The van der Waals surface area contributed by atoms with E-state index in [0.29, 0.717) is 0 Å². The molecule has 0 aliphatic rings. The van der Waals surface area contributed by atoms with Crippen molar-refractivity contribution in [2.75, 3.05) is 11.8 Å². The van der Waals surface area contributed by atoms with Gasteiger partial charge in [-0.2, -0.15) is 5.10 Å². The number of halogens is 3. The molecule has 3 aromatic heterocycles. The first-order valence-electron chi connectivity index (χ1n) is 10.6. The lowest BCUT2D eigenvalue weighted by molar-refractivity contribution is 0.385. The molecule has 3 heterocycles. The number of ether oxygens (including phenoxy) is 1. The van der Waals surface area contributed by atoms with Crippen LogP contribution < -0.4 is 9.46 Å². The molecule has 0 spiro atoms. The standard InChI is InChI=1S/C23H22ClF2N5O3S/c1-13(2)31-20-8-14(10-27-19(20)12-29-31)4-5-16-17(25)6-7-18(22(16)26)30-35(32,33)21-9-15(24)11-28-23(21)34-3/h6-13,30H,4-5H2,1-3H3. The maximum absolute atomic E-state index is 15.2. The molecule has 0 aliphatic carbocycles. The van der Waals surface area contributed by atoms with Crippen LogP contribution in [0.15, 0.2) is 47.8 Å². The van der Waals surface area contributed by atoms with Crippen molar-refractivity contribution < 1.29 is 21.9 Å². The Labute approximate surface area is 206 Å². The summed E-state index contributed by atoms with van der Waals surface area (Å²) in [4.78, 5) is 7.81. The fraction of sp³-hybridized carbons (Fsp3) is 0.261. The largest absolute Gasteiger partial charge is 0.480 e. The highest BCUT2D eigenvalue weighted by atomic mass is 35.5. The van der Waals surface area contributed by atoms with Gasteiger partial charge in [0.1, 0.15) is 11.3 Å². The zero-order valence-corrected chi connectivity index (χ0v) is 20.7. The molecule has 4 aromatic rings. The molecule has 0 amide bonds. The lowest BCUT2D eigenvalue weighted by Crippen LogP contribution is -2.16. The number of sulfonamides is 1. The third-order valence-corrected chi connectivity index (χ3v) is 6.92. The fourth-order valence-electron chi connectivity index (χ4n) is 3.64. The second-order valence-corrected chi connectivity index (χ2v) is 10.2. The minimum Gasteiger partial charge on any atom is -0.480 e. The van der Waals surface area contributed by atoms with Crippen molar-refractivity contribution in [2.24, 2.45) is 0 Å². The second kappa shape index (κ2) is 9.74. The zero-order valence-electron chi connectivity index (χ0n) is 19.1. The minimum absolute atomic E-state index is 0.0156. The summed E-state index contributed by atoms with van der Waals surface area (Å²) >= 11 is 5.87. The molecular formula is C23H22ClF2N5O3S. The predicted molar refractivity (Wildman–Crippen MR) is 128 cm³/mol. The van der Waals surface area contributed by atoms with Crippen molar-refractivity contribution in [3.63, 3.8) is 0 Å². The molecule has 0 aliphatic heterocycles. The van der Waals surface area contributed by atoms with E-state index < -0.39 is 27.3 Å². The summed E-state index contributed by atoms with van der Waals surface area (Å²) in [5, 5.41) is 4.37. The number of pyridine rings is 2. The average Bonchev–Trinajstić information content (AvgIpc) is 3.24. The Morgan fingerprint density at radius 3 is 2.60 bits per heavy atom. The van der Waals surface area contributed by atoms with Crippen molar-refractivity contribution in [1.29, 1.82) is 0 Å². The number of methoxy groups -OCH3 is 1. The summed E-state index contributed by atoms with van der Waals surface area (Å²) < 4.78 is 64.5. The van der Waals surface area contributed by atoms with Crippen molar-refractivity contribution in [3.8, 4) is 5.88 Å². The highest BCUT2D eigenvalue weighted by Crippen LogP contribution is 2.29. The van der Waals surface area contributed by atoms with E-state index in [-0.39, 0.29) is 40.2 Å². The molecule has 1 N–H and O–H groups in total. The van der Waals surface area contributed by atoms with E-state index in [1.54, 1.807) is 12.4 Å². The topological polar surface area (TPSA) is 99.0 Å². The highest BCUT2D eigenvalue weighted by Gasteiger charge is 2.24. The van der Waals surface area contributed by atoms with E-state index >= 15 is 4.39 Å². The van der Waals surface area contributed by atoms with Crippen LogP contribution in [0, 0.1) is 11.6 Å². The van der Waals surface area contributed by atoms with Crippen molar-refractivity contribution >= 4 is 38.3 Å². The van der Waals surface area contributed by atoms with Gasteiger partial charge in [-0.25, -0.2) is 22.2 Å². The van der Waals surface area contributed by atoms with Crippen LogP contribution in [0.1, 0.15) is 31.0 Å². The van der Waals surface area contributed by atoms with Gasteiger partial charge >= 0.3 is 0 Å². The fourth-order valence-corrected chi connectivity index (χ4v) is 5.07. The third-order valence-electron chi connectivity index (χ3n) is 5.36. The maximum Gasteiger partial charge on any atom is 0.267 e. The van der Waals surface area contributed by atoms with Gasteiger partial charge in [0.2, 0.25) is 5.88 Å². The number of nitrogens with one attached hydrogen (secondary N) is 1. The molecule has 0 radical (unpaired) electrons. The Hall–Kier alpha value is -3.31. The highest BCUT2D eigenvalue weighted by molar-refractivity contribution is 7.92. The maximum atomic E-state index is 15.2. The Morgan fingerprint density at radius 2 is 1.89 bits per heavy atom. The first kappa shape index (κ1) is 24.8. The summed E-state index contributed by atoms with van der Waals surface area (Å²) in [5.41, 5.74) is 1.65. The van der Waals surface area contributed by atoms with Crippen LogP contribution in [0.5, 0.6) is 5.88 Å². The minimum atomic E-state index is -4.33. The van der Waals surface area contributed by atoms with Gasteiger partial charge in [-0.1, -0.05) is 11.6 Å². The van der Waals surface area contributed by atoms with E-state index in [4.69, 9.17) is 16.3 Å². The number of fused-ring (bicyclic) bond motifs is 1. The molecule has 0 atom stereocenters. The van der Waals surface area contributed by atoms with Crippen LogP contribution in [-0.2, 0) is 22.9 Å². The number of hydrogen-bond acceptors (Lipinski definition) is 6.